The van der Waals surface area contributed by atoms with Gasteiger partial charge in [0, 0.05) is 11.1 Å². The molecule has 2 heterocycles. The van der Waals surface area contributed by atoms with Crippen molar-refractivity contribution in [2.24, 2.45) is 0 Å². The number of nitrogens with one attached hydrogen (secondary N) is 1. The van der Waals surface area contributed by atoms with Gasteiger partial charge in [0.1, 0.15) is 5.69 Å². The van der Waals surface area contributed by atoms with Gasteiger partial charge in [0.25, 0.3) is 0 Å². The van der Waals surface area contributed by atoms with E-state index in [0.717, 1.165) is 11.1 Å². The molecule has 0 bridgehead atoms. The molecule has 0 saturated carbocycles. The Bertz CT molecular complexity index is 1100. The van der Waals surface area contributed by atoms with Crippen LogP contribution < -0.4 is 23.5 Å². The third kappa shape index (κ3) is 3.48. The molecule has 0 saturated heterocycles. The predicted octanol–water partition coefficient (Wildman–Crippen LogP) is 2.95. The Balaban J connectivity index is 1.85. The number of hydrogen-bond donors (Lipinski definition) is 2. The summed E-state index contributed by atoms with van der Waals surface area (Å²) in [4.78, 5) is 9.23. The molecule has 152 valence electrons. The van der Waals surface area contributed by atoms with E-state index < -0.39 is 8.25 Å². The average molecular weight is 419 g/mol. The highest BCUT2D eigenvalue weighted by molar-refractivity contribution is 7.32. The van der Waals surface area contributed by atoms with Gasteiger partial charge in [-0.1, -0.05) is 5.21 Å². The van der Waals surface area contributed by atoms with E-state index in [0.29, 0.717) is 34.2 Å². The van der Waals surface area contributed by atoms with Gasteiger partial charge in [0.15, 0.2) is 23.0 Å². The standard InChI is InChI=1S/C18H18N3O7P/c1-9-4-10(6-13-17(9)27-8-26-13)15-16(20-21-19-15)11-5-12(24-2)18(25-3)14(7-11)28-29(22)23/h4-7,29H,8H2,1-3H3,(H,22,23)(H,19,20,21). The van der Waals surface area contributed by atoms with Gasteiger partial charge in [0.05, 0.1) is 19.9 Å². The Hall–Kier alpha value is -3.23. The molecule has 10 nitrogen and oxygen atoms in total. The maximum absolute atomic E-state index is 11.3. The van der Waals surface area contributed by atoms with Crippen LogP contribution in [0, 0.1) is 6.92 Å². The lowest BCUT2D eigenvalue weighted by molar-refractivity contribution is 0.173. The second-order valence-corrected chi connectivity index (χ2v) is 6.88. The first-order valence-corrected chi connectivity index (χ1v) is 9.77. The summed E-state index contributed by atoms with van der Waals surface area (Å²) >= 11 is 0. The summed E-state index contributed by atoms with van der Waals surface area (Å²) < 4.78 is 37.9. The first-order valence-electron chi connectivity index (χ1n) is 8.50. The normalized spacial score (nSPS) is 13.2. The lowest BCUT2D eigenvalue weighted by Crippen LogP contribution is -1.95. The fourth-order valence-corrected chi connectivity index (χ4v) is 3.54. The quantitative estimate of drug-likeness (QED) is 0.580. The highest BCUT2D eigenvalue weighted by atomic mass is 31.1. The topological polar surface area (TPSA) is 125 Å². The number of nitrogens with zero attached hydrogens (tertiary/aromatic N) is 2. The number of hydrogen-bond acceptors (Lipinski definition) is 8. The van der Waals surface area contributed by atoms with E-state index in [1.54, 1.807) is 12.1 Å². The van der Waals surface area contributed by atoms with E-state index in [2.05, 4.69) is 15.4 Å². The van der Waals surface area contributed by atoms with Gasteiger partial charge in [-0.05, 0) is 36.8 Å². The minimum Gasteiger partial charge on any atom is -0.493 e. The van der Waals surface area contributed by atoms with Crippen molar-refractivity contribution in [2.75, 3.05) is 21.0 Å². The monoisotopic (exact) mass is 419 g/mol. The zero-order valence-corrected chi connectivity index (χ0v) is 16.8. The maximum Gasteiger partial charge on any atom is 0.365 e. The van der Waals surface area contributed by atoms with Crippen LogP contribution in [-0.2, 0) is 4.57 Å². The van der Waals surface area contributed by atoms with Gasteiger partial charge < -0.3 is 28.4 Å². The molecule has 0 radical (unpaired) electrons. The fraction of sp³-hybridized carbons (Fsp3) is 0.222. The number of H-pyrrole nitrogens is 1. The van der Waals surface area contributed by atoms with Gasteiger partial charge in [-0.3, -0.25) is 5.10 Å². The molecule has 1 aliphatic rings. The summed E-state index contributed by atoms with van der Waals surface area (Å²) in [6.45, 7) is 2.08. The first-order chi connectivity index (χ1) is 14.0. The van der Waals surface area contributed by atoms with Crippen LogP contribution in [0.1, 0.15) is 5.56 Å². The van der Waals surface area contributed by atoms with Crippen LogP contribution in [0.2, 0.25) is 0 Å². The molecule has 29 heavy (non-hydrogen) atoms. The molecule has 2 N–H and O–H groups in total. The van der Waals surface area contributed by atoms with Crippen LogP contribution in [0.5, 0.6) is 28.7 Å². The molecule has 1 aromatic heterocycles. The molecular formula is C18H18N3O7P. The van der Waals surface area contributed by atoms with E-state index in [1.165, 1.54) is 14.2 Å². The van der Waals surface area contributed by atoms with Crippen LogP contribution >= 0.6 is 8.25 Å². The van der Waals surface area contributed by atoms with Crippen molar-refractivity contribution >= 4 is 8.25 Å². The largest absolute Gasteiger partial charge is 0.493 e. The maximum atomic E-state index is 11.3. The lowest BCUT2D eigenvalue weighted by Gasteiger charge is -2.14. The second-order valence-electron chi connectivity index (χ2n) is 6.14. The van der Waals surface area contributed by atoms with Crippen LogP contribution in [-0.4, -0.2) is 41.3 Å². The molecule has 1 aliphatic heterocycles. The SMILES string of the molecule is COc1cc(-c2[nH]nnc2-c2cc(C)c3c(c2)OCO3)cc(O[PH](=O)O)c1OC. The zero-order chi connectivity index (χ0) is 20.5. The van der Waals surface area contributed by atoms with E-state index in [-0.39, 0.29) is 18.3 Å². The Kier molecular flexibility index (Phi) is 5.04. The molecule has 1 atom stereocenters. The molecule has 0 amide bonds. The van der Waals surface area contributed by atoms with Crippen molar-refractivity contribution in [3.63, 3.8) is 0 Å². The molecule has 4 rings (SSSR count). The van der Waals surface area contributed by atoms with Crippen molar-refractivity contribution in [1.29, 1.82) is 0 Å². The van der Waals surface area contributed by atoms with Crippen molar-refractivity contribution < 1.29 is 32.9 Å². The van der Waals surface area contributed by atoms with Crippen LogP contribution in [0.15, 0.2) is 24.3 Å². The number of ether oxygens (including phenoxy) is 4. The van der Waals surface area contributed by atoms with Gasteiger partial charge in [-0.15, -0.1) is 5.10 Å². The number of rotatable bonds is 6. The minimum atomic E-state index is -3.26. The predicted molar refractivity (Wildman–Crippen MR) is 103 cm³/mol. The van der Waals surface area contributed by atoms with E-state index >= 15 is 0 Å². The summed E-state index contributed by atoms with van der Waals surface area (Å²) in [6, 6.07) is 6.98. The Morgan fingerprint density at radius 3 is 2.62 bits per heavy atom. The lowest BCUT2D eigenvalue weighted by atomic mass is 10.0. The molecule has 0 fully saturated rings. The molecule has 0 spiro atoms. The number of methoxy groups -OCH3 is 2. The van der Waals surface area contributed by atoms with Gasteiger partial charge in [-0.2, -0.15) is 0 Å². The molecule has 0 aliphatic carbocycles. The molecule has 11 heteroatoms. The molecule has 3 aromatic rings. The molecule has 2 aromatic carbocycles. The van der Waals surface area contributed by atoms with Gasteiger partial charge >= 0.3 is 8.25 Å². The van der Waals surface area contributed by atoms with Gasteiger partial charge in [-0.25, -0.2) is 4.57 Å². The number of benzene rings is 2. The fourth-order valence-electron chi connectivity index (χ4n) is 3.20. The third-order valence-corrected chi connectivity index (χ3v) is 4.81. The van der Waals surface area contributed by atoms with E-state index in [1.807, 2.05) is 19.1 Å². The van der Waals surface area contributed by atoms with Crippen molar-refractivity contribution in [2.45, 2.75) is 6.92 Å². The Morgan fingerprint density at radius 2 is 1.90 bits per heavy atom. The average Bonchev–Trinajstić information content (AvgIpc) is 3.36. The molecule has 1 unspecified atom stereocenters. The van der Waals surface area contributed by atoms with Crippen molar-refractivity contribution in [3.8, 4) is 51.3 Å². The summed E-state index contributed by atoms with van der Waals surface area (Å²) in [7, 11) is -0.386. The smallest absolute Gasteiger partial charge is 0.365 e. The van der Waals surface area contributed by atoms with E-state index in [4.69, 9.17) is 23.5 Å². The Labute approximate surface area is 166 Å². The van der Waals surface area contributed by atoms with Crippen LogP contribution in [0.25, 0.3) is 22.5 Å². The minimum absolute atomic E-state index is 0.0654. The first kappa shape index (κ1) is 19.1. The summed E-state index contributed by atoms with van der Waals surface area (Å²) in [5, 5.41) is 11.0. The summed E-state index contributed by atoms with van der Waals surface area (Å²) in [6.07, 6.45) is 0. The highest BCUT2D eigenvalue weighted by Gasteiger charge is 2.23. The summed E-state index contributed by atoms with van der Waals surface area (Å²) in [5.41, 5.74) is 3.37. The van der Waals surface area contributed by atoms with Crippen LogP contribution in [0.4, 0.5) is 0 Å². The number of aromatic amines is 1. The number of aryl methyl sites for hydroxylation is 1. The zero-order valence-electron chi connectivity index (χ0n) is 15.8. The van der Waals surface area contributed by atoms with Gasteiger partial charge in [0.2, 0.25) is 12.5 Å². The highest BCUT2D eigenvalue weighted by Crippen LogP contribution is 2.45. The number of aromatic nitrogens is 3. The van der Waals surface area contributed by atoms with Crippen molar-refractivity contribution in [3.05, 3.63) is 29.8 Å². The summed E-state index contributed by atoms with van der Waals surface area (Å²) in [5.74, 6) is 1.93. The molecular weight excluding hydrogens is 401 g/mol. The third-order valence-electron chi connectivity index (χ3n) is 4.41. The number of fused-ring (bicyclic) bond motifs is 1. The van der Waals surface area contributed by atoms with E-state index in [9.17, 15) is 9.46 Å². The van der Waals surface area contributed by atoms with Crippen molar-refractivity contribution in [1.82, 2.24) is 15.4 Å². The second kappa shape index (κ2) is 7.65. The van der Waals surface area contributed by atoms with Crippen LogP contribution in [0.3, 0.4) is 0 Å². The Morgan fingerprint density at radius 1 is 1.10 bits per heavy atom.